The van der Waals surface area contributed by atoms with Gasteiger partial charge in [0.1, 0.15) is 0 Å². The maximum absolute atomic E-state index is 8.86. The minimum Gasteiger partial charge on any atom is -0.369 e. The van der Waals surface area contributed by atoms with Crippen molar-refractivity contribution >= 4 is 33.2 Å². The molecular weight excluding hydrogens is 324 g/mol. The summed E-state index contributed by atoms with van der Waals surface area (Å²) in [4.78, 5) is 2.12. The molecule has 4 heteroatoms. The van der Waals surface area contributed by atoms with Crippen molar-refractivity contribution in [2.45, 2.75) is 6.54 Å². The average molecular weight is 336 g/mol. The van der Waals surface area contributed by atoms with Crippen LogP contribution < -0.4 is 4.90 Å². The van der Waals surface area contributed by atoms with Gasteiger partial charge in [-0.25, -0.2) is 0 Å². The van der Waals surface area contributed by atoms with E-state index in [0.29, 0.717) is 5.56 Å². The summed E-state index contributed by atoms with van der Waals surface area (Å²) in [6.45, 7) is 0.779. The summed E-state index contributed by atoms with van der Waals surface area (Å²) in [6, 6.07) is 15.5. The first-order valence-electron chi connectivity index (χ1n) is 5.75. The largest absolute Gasteiger partial charge is 0.369 e. The standard InChI is InChI=1S/C15H12BrClN2/c1-19(10-11-2-5-13(17)6-3-11)15-7-4-12(9-18)8-14(15)16/h2-8H,10H2,1H3. The minimum absolute atomic E-state index is 0.649. The number of hydrogen-bond acceptors (Lipinski definition) is 2. The van der Waals surface area contributed by atoms with Gasteiger partial charge < -0.3 is 4.90 Å². The van der Waals surface area contributed by atoms with Crippen LogP contribution in [0, 0.1) is 11.3 Å². The molecule has 2 rings (SSSR count). The molecule has 2 aromatic rings. The third kappa shape index (κ3) is 3.50. The van der Waals surface area contributed by atoms with Crippen molar-refractivity contribution in [1.29, 1.82) is 5.26 Å². The van der Waals surface area contributed by atoms with Crippen molar-refractivity contribution in [3.8, 4) is 6.07 Å². The van der Waals surface area contributed by atoms with Crippen LogP contribution in [0.3, 0.4) is 0 Å². The summed E-state index contributed by atoms with van der Waals surface area (Å²) in [5.74, 6) is 0. The van der Waals surface area contributed by atoms with E-state index in [0.717, 1.165) is 21.7 Å². The van der Waals surface area contributed by atoms with Gasteiger partial charge in [0.05, 0.1) is 17.3 Å². The van der Waals surface area contributed by atoms with Crippen LogP contribution in [0.15, 0.2) is 46.9 Å². The second-order valence-corrected chi connectivity index (χ2v) is 5.55. The van der Waals surface area contributed by atoms with E-state index in [-0.39, 0.29) is 0 Å². The van der Waals surface area contributed by atoms with Gasteiger partial charge >= 0.3 is 0 Å². The molecule has 0 aromatic heterocycles. The number of hydrogen-bond donors (Lipinski definition) is 0. The van der Waals surface area contributed by atoms with Crippen molar-refractivity contribution in [2.75, 3.05) is 11.9 Å². The first-order valence-corrected chi connectivity index (χ1v) is 6.92. The third-order valence-electron chi connectivity index (χ3n) is 2.82. The van der Waals surface area contributed by atoms with E-state index in [9.17, 15) is 0 Å². The molecule has 19 heavy (non-hydrogen) atoms. The highest BCUT2D eigenvalue weighted by atomic mass is 79.9. The molecule has 0 atom stereocenters. The van der Waals surface area contributed by atoms with Crippen molar-refractivity contribution in [3.63, 3.8) is 0 Å². The van der Waals surface area contributed by atoms with Crippen LogP contribution in [0.25, 0.3) is 0 Å². The van der Waals surface area contributed by atoms with Gasteiger partial charge in [0.15, 0.2) is 0 Å². The Labute approximate surface area is 126 Å². The number of nitriles is 1. The maximum atomic E-state index is 8.86. The lowest BCUT2D eigenvalue weighted by Gasteiger charge is -2.21. The van der Waals surface area contributed by atoms with Gasteiger partial charge in [-0.3, -0.25) is 0 Å². The number of rotatable bonds is 3. The third-order valence-corrected chi connectivity index (χ3v) is 3.71. The molecule has 0 spiro atoms. The van der Waals surface area contributed by atoms with E-state index >= 15 is 0 Å². The Morgan fingerprint density at radius 2 is 1.89 bits per heavy atom. The van der Waals surface area contributed by atoms with E-state index in [1.165, 1.54) is 5.56 Å². The van der Waals surface area contributed by atoms with Crippen molar-refractivity contribution in [2.24, 2.45) is 0 Å². The Hall–Kier alpha value is -1.50. The predicted molar refractivity (Wildman–Crippen MR) is 82.4 cm³/mol. The monoisotopic (exact) mass is 334 g/mol. The van der Waals surface area contributed by atoms with E-state index in [1.807, 2.05) is 49.5 Å². The van der Waals surface area contributed by atoms with Crippen molar-refractivity contribution < 1.29 is 0 Å². The fourth-order valence-electron chi connectivity index (χ4n) is 1.83. The maximum Gasteiger partial charge on any atom is 0.0992 e. The summed E-state index contributed by atoms with van der Waals surface area (Å²) in [7, 11) is 2.01. The van der Waals surface area contributed by atoms with E-state index in [4.69, 9.17) is 16.9 Å². The molecule has 0 saturated heterocycles. The highest BCUT2D eigenvalue weighted by Gasteiger charge is 2.07. The van der Waals surface area contributed by atoms with Crippen LogP contribution in [0.2, 0.25) is 5.02 Å². The molecule has 2 aromatic carbocycles. The quantitative estimate of drug-likeness (QED) is 0.819. The topological polar surface area (TPSA) is 27.0 Å². The molecule has 0 heterocycles. The van der Waals surface area contributed by atoms with Gasteiger partial charge in [0.25, 0.3) is 0 Å². The zero-order chi connectivity index (χ0) is 13.8. The molecule has 0 N–H and O–H groups in total. The molecule has 2 nitrogen and oxygen atoms in total. The predicted octanol–water partition coefficient (Wildman–Crippen LogP) is 4.61. The van der Waals surface area contributed by atoms with Gasteiger partial charge in [-0.2, -0.15) is 5.26 Å². The van der Waals surface area contributed by atoms with Crippen molar-refractivity contribution in [3.05, 3.63) is 63.1 Å². The molecule has 0 fully saturated rings. The Bertz CT molecular complexity index is 617. The molecule has 0 amide bonds. The first kappa shape index (κ1) is 13.9. The van der Waals surface area contributed by atoms with Gasteiger partial charge in [0, 0.05) is 23.1 Å². The van der Waals surface area contributed by atoms with E-state index in [2.05, 4.69) is 26.9 Å². The van der Waals surface area contributed by atoms with Crippen molar-refractivity contribution in [1.82, 2.24) is 0 Å². The summed E-state index contributed by atoms with van der Waals surface area (Å²) >= 11 is 9.37. The van der Waals surface area contributed by atoms with Crippen LogP contribution in [-0.4, -0.2) is 7.05 Å². The fourth-order valence-corrected chi connectivity index (χ4v) is 2.64. The molecule has 0 radical (unpaired) electrons. The fraction of sp³-hybridized carbons (Fsp3) is 0.133. The van der Waals surface area contributed by atoms with Crippen LogP contribution in [0.4, 0.5) is 5.69 Å². The van der Waals surface area contributed by atoms with Crippen LogP contribution >= 0.6 is 27.5 Å². The molecule has 0 bridgehead atoms. The Balaban J connectivity index is 2.18. The molecule has 0 aliphatic heterocycles. The highest BCUT2D eigenvalue weighted by molar-refractivity contribution is 9.10. The Kier molecular flexibility index (Phi) is 4.47. The minimum atomic E-state index is 0.649. The zero-order valence-corrected chi connectivity index (χ0v) is 12.7. The van der Waals surface area contributed by atoms with Gasteiger partial charge in [-0.05, 0) is 51.8 Å². The van der Waals surface area contributed by atoms with E-state index in [1.54, 1.807) is 0 Å². The summed E-state index contributed by atoms with van der Waals surface area (Å²) in [6.07, 6.45) is 0. The van der Waals surface area contributed by atoms with Crippen LogP contribution in [0.1, 0.15) is 11.1 Å². The van der Waals surface area contributed by atoms with Crippen LogP contribution in [-0.2, 0) is 6.54 Å². The molecule has 0 unspecified atom stereocenters. The van der Waals surface area contributed by atoms with E-state index < -0.39 is 0 Å². The van der Waals surface area contributed by atoms with Gasteiger partial charge in [-0.1, -0.05) is 23.7 Å². The zero-order valence-electron chi connectivity index (χ0n) is 10.4. The molecule has 0 aliphatic rings. The normalized spacial score (nSPS) is 10.0. The molecule has 96 valence electrons. The molecule has 0 saturated carbocycles. The second-order valence-electron chi connectivity index (χ2n) is 4.26. The number of nitrogens with zero attached hydrogens (tertiary/aromatic N) is 2. The lowest BCUT2D eigenvalue weighted by molar-refractivity contribution is 0.920. The lowest BCUT2D eigenvalue weighted by Crippen LogP contribution is -2.16. The number of benzene rings is 2. The Morgan fingerprint density at radius 1 is 1.21 bits per heavy atom. The number of anilines is 1. The summed E-state index contributed by atoms with van der Waals surface area (Å²) < 4.78 is 0.919. The Morgan fingerprint density at radius 3 is 2.47 bits per heavy atom. The SMILES string of the molecule is CN(Cc1ccc(Cl)cc1)c1ccc(C#N)cc1Br. The first-order chi connectivity index (χ1) is 9.10. The average Bonchev–Trinajstić information content (AvgIpc) is 2.41. The summed E-state index contributed by atoms with van der Waals surface area (Å²) in [5, 5.41) is 9.60. The summed E-state index contributed by atoms with van der Waals surface area (Å²) in [5.41, 5.74) is 2.88. The second kappa shape index (κ2) is 6.10. The van der Waals surface area contributed by atoms with Gasteiger partial charge in [-0.15, -0.1) is 0 Å². The lowest BCUT2D eigenvalue weighted by atomic mass is 10.2. The number of halogens is 2. The highest BCUT2D eigenvalue weighted by Crippen LogP contribution is 2.27. The van der Waals surface area contributed by atoms with Gasteiger partial charge in [0.2, 0.25) is 0 Å². The molecular formula is C15H12BrClN2. The smallest absolute Gasteiger partial charge is 0.0992 e. The molecule has 0 aliphatic carbocycles. The van der Waals surface area contributed by atoms with Crippen LogP contribution in [0.5, 0.6) is 0 Å².